The molecule has 2 heterocycles. The number of benzene rings is 1. The number of nitrogens with one attached hydrogen (secondary N) is 1. The zero-order chi connectivity index (χ0) is 21.1. The number of ether oxygens (including phenoxy) is 1. The van der Waals surface area contributed by atoms with Crippen LogP contribution >= 0.6 is 0 Å². The number of amides is 2. The molecule has 0 spiro atoms. The minimum absolute atomic E-state index is 0.0886. The van der Waals surface area contributed by atoms with Crippen LogP contribution in [0.5, 0.6) is 0 Å². The Hall–Kier alpha value is -3.16. The zero-order valence-corrected chi connectivity index (χ0v) is 17.1. The monoisotopic (exact) mass is 398 g/mol. The van der Waals surface area contributed by atoms with Gasteiger partial charge in [-0.3, -0.25) is 19.1 Å². The molecule has 1 aliphatic heterocycles. The molecule has 8 nitrogen and oxygen atoms in total. The Kier molecular flexibility index (Phi) is 6.00. The maximum absolute atomic E-state index is 12.4. The van der Waals surface area contributed by atoms with E-state index >= 15 is 0 Å². The summed E-state index contributed by atoms with van der Waals surface area (Å²) < 4.78 is 6.84. The van der Waals surface area contributed by atoms with Gasteiger partial charge in [-0.2, -0.15) is 5.10 Å². The van der Waals surface area contributed by atoms with Crippen molar-refractivity contribution >= 4 is 23.5 Å². The van der Waals surface area contributed by atoms with Crippen LogP contribution < -0.4 is 5.32 Å². The SMILES string of the molecule is Cc1nn(C)c(C)c1NC(=O)COC(=O)[C@H]1CC(=O)N([C@H](C)c2ccccc2)C1. The molecule has 29 heavy (non-hydrogen) atoms. The molecular weight excluding hydrogens is 372 g/mol. The van der Waals surface area contributed by atoms with Crippen molar-refractivity contribution in [3.05, 3.63) is 47.3 Å². The summed E-state index contributed by atoms with van der Waals surface area (Å²) in [5, 5.41) is 6.96. The lowest BCUT2D eigenvalue weighted by Gasteiger charge is -2.25. The summed E-state index contributed by atoms with van der Waals surface area (Å²) in [4.78, 5) is 38.6. The van der Waals surface area contributed by atoms with Gasteiger partial charge in [0.15, 0.2) is 6.61 Å². The molecule has 154 valence electrons. The molecular formula is C21H26N4O4. The number of aromatic nitrogens is 2. The maximum atomic E-state index is 12.4. The number of hydrogen-bond acceptors (Lipinski definition) is 5. The largest absolute Gasteiger partial charge is 0.455 e. The van der Waals surface area contributed by atoms with E-state index in [-0.39, 0.29) is 24.9 Å². The van der Waals surface area contributed by atoms with Crippen molar-refractivity contribution < 1.29 is 19.1 Å². The Bertz CT molecular complexity index is 922. The second kappa shape index (κ2) is 8.46. The van der Waals surface area contributed by atoms with Crippen molar-refractivity contribution in [3.8, 4) is 0 Å². The van der Waals surface area contributed by atoms with Crippen LogP contribution in [0.2, 0.25) is 0 Å². The topological polar surface area (TPSA) is 93.5 Å². The van der Waals surface area contributed by atoms with E-state index in [0.717, 1.165) is 11.3 Å². The molecule has 2 amide bonds. The molecule has 2 atom stereocenters. The Morgan fingerprint density at radius 2 is 1.97 bits per heavy atom. The first-order valence-electron chi connectivity index (χ1n) is 9.59. The van der Waals surface area contributed by atoms with Gasteiger partial charge in [0.1, 0.15) is 0 Å². The molecule has 8 heteroatoms. The molecule has 1 aliphatic rings. The van der Waals surface area contributed by atoms with E-state index < -0.39 is 24.4 Å². The predicted octanol–water partition coefficient (Wildman–Crippen LogP) is 2.13. The molecule has 3 rings (SSSR count). The number of likely N-dealkylation sites (tertiary alicyclic amines) is 1. The minimum Gasteiger partial charge on any atom is -0.455 e. The lowest BCUT2D eigenvalue weighted by atomic mass is 10.1. The van der Waals surface area contributed by atoms with Crippen LogP contribution in [-0.4, -0.2) is 45.6 Å². The van der Waals surface area contributed by atoms with Crippen LogP contribution in [0.3, 0.4) is 0 Å². The Morgan fingerprint density at radius 3 is 2.59 bits per heavy atom. The summed E-state index contributed by atoms with van der Waals surface area (Å²) >= 11 is 0. The van der Waals surface area contributed by atoms with Gasteiger partial charge in [-0.25, -0.2) is 0 Å². The van der Waals surface area contributed by atoms with Crippen molar-refractivity contribution in [3.63, 3.8) is 0 Å². The van der Waals surface area contributed by atoms with Crippen molar-refractivity contribution in [2.24, 2.45) is 13.0 Å². The smallest absolute Gasteiger partial charge is 0.311 e. The molecule has 1 aromatic heterocycles. The van der Waals surface area contributed by atoms with Gasteiger partial charge in [0.05, 0.1) is 29.0 Å². The predicted molar refractivity (Wildman–Crippen MR) is 107 cm³/mol. The lowest BCUT2D eigenvalue weighted by molar-refractivity contribution is -0.151. The van der Waals surface area contributed by atoms with Crippen LogP contribution in [-0.2, 0) is 26.2 Å². The van der Waals surface area contributed by atoms with E-state index in [2.05, 4.69) is 10.4 Å². The highest BCUT2D eigenvalue weighted by atomic mass is 16.5. The zero-order valence-electron chi connectivity index (χ0n) is 17.1. The van der Waals surface area contributed by atoms with Gasteiger partial charge < -0.3 is 15.0 Å². The van der Waals surface area contributed by atoms with Gasteiger partial charge in [-0.15, -0.1) is 0 Å². The second-order valence-corrected chi connectivity index (χ2v) is 7.36. The van der Waals surface area contributed by atoms with E-state index in [1.165, 1.54) is 0 Å². The van der Waals surface area contributed by atoms with Crippen LogP contribution in [0, 0.1) is 19.8 Å². The highest BCUT2D eigenvalue weighted by Crippen LogP contribution is 2.29. The van der Waals surface area contributed by atoms with Gasteiger partial charge >= 0.3 is 5.97 Å². The van der Waals surface area contributed by atoms with Gasteiger partial charge in [-0.1, -0.05) is 30.3 Å². The number of esters is 1. The summed E-state index contributed by atoms with van der Waals surface area (Å²) in [6.45, 7) is 5.46. The highest BCUT2D eigenvalue weighted by Gasteiger charge is 2.38. The van der Waals surface area contributed by atoms with E-state index in [1.54, 1.807) is 23.6 Å². The fourth-order valence-electron chi connectivity index (χ4n) is 3.56. The Labute approximate surface area is 169 Å². The fourth-order valence-corrected chi connectivity index (χ4v) is 3.56. The molecule has 0 bridgehead atoms. The van der Waals surface area contributed by atoms with Crippen molar-refractivity contribution in [2.75, 3.05) is 18.5 Å². The number of carbonyl (C=O) groups is 3. The third-order valence-electron chi connectivity index (χ3n) is 5.36. The normalized spacial score (nSPS) is 17.3. The summed E-state index contributed by atoms with van der Waals surface area (Å²) in [6, 6.07) is 9.54. The number of rotatable bonds is 6. The fraction of sp³-hybridized carbons (Fsp3) is 0.429. The molecule has 1 N–H and O–H groups in total. The average molecular weight is 398 g/mol. The van der Waals surface area contributed by atoms with E-state index in [1.807, 2.05) is 44.2 Å². The third-order valence-corrected chi connectivity index (χ3v) is 5.36. The van der Waals surface area contributed by atoms with Gasteiger partial charge in [0, 0.05) is 20.0 Å². The van der Waals surface area contributed by atoms with Crippen molar-refractivity contribution in [1.82, 2.24) is 14.7 Å². The van der Waals surface area contributed by atoms with E-state index in [0.29, 0.717) is 11.4 Å². The first-order valence-corrected chi connectivity index (χ1v) is 9.59. The standard InChI is InChI=1S/C21H26N4O4/c1-13-20(15(3)24(4)23-13)22-18(26)12-29-21(28)17-10-19(27)25(11-17)14(2)16-8-6-5-7-9-16/h5-9,14,17H,10-12H2,1-4H3,(H,22,26)/t14-,17+/m1/s1. The first-order chi connectivity index (χ1) is 13.8. The minimum atomic E-state index is -0.566. The lowest BCUT2D eigenvalue weighted by Crippen LogP contribution is -2.30. The molecule has 2 aromatic rings. The summed E-state index contributed by atoms with van der Waals surface area (Å²) in [5.74, 6) is -1.62. The molecule has 1 saturated heterocycles. The third kappa shape index (κ3) is 4.47. The molecule has 1 aromatic carbocycles. The van der Waals surface area contributed by atoms with Crippen LogP contribution in [0.4, 0.5) is 5.69 Å². The Balaban J connectivity index is 1.53. The second-order valence-electron chi connectivity index (χ2n) is 7.36. The number of carbonyl (C=O) groups excluding carboxylic acids is 3. The highest BCUT2D eigenvalue weighted by molar-refractivity contribution is 5.94. The van der Waals surface area contributed by atoms with Crippen LogP contribution in [0.15, 0.2) is 30.3 Å². The average Bonchev–Trinajstić information content (AvgIpc) is 3.21. The molecule has 0 aliphatic carbocycles. The van der Waals surface area contributed by atoms with Crippen molar-refractivity contribution in [2.45, 2.75) is 33.2 Å². The Morgan fingerprint density at radius 1 is 1.28 bits per heavy atom. The summed E-state index contributed by atoms with van der Waals surface area (Å²) in [5.41, 5.74) is 3.13. The number of nitrogens with zero attached hydrogens (tertiary/aromatic N) is 3. The molecule has 1 fully saturated rings. The quantitative estimate of drug-likeness (QED) is 0.753. The van der Waals surface area contributed by atoms with E-state index in [4.69, 9.17) is 4.74 Å². The van der Waals surface area contributed by atoms with Gasteiger partial charge in [0.25, 0.3) is 5.91 Å². The molecule has 0 radical (unpaired) electrons. The number of hydrogen-bond donors (Lipinski definition) is 1. The van der Waals surface area contributed by atoms with Crippen molar-refractivity contribution in [1.29, 1.82) is 0 Å². The number of anilines is 1. The van der Waals surface area contributed by atoms with Crippen LogP contribution in [0.1, 0.15) is 36.3 Å². The van der Waals surface area contributed by atoms with Gasteiger partial charge in [0.2, 0.25) is 5.91 Å². The molecule has 0 saturated carbocycles. The summed E-state index contributed by atoms with van der Waals surface area (Å²) in [6.07, 6.45) is 0.0957. The number of aryl methyl sites for hydroxylation is 2. The maximum Gasteiger partial charge on any atom is 0.311 e. The summed E-state index contributed by atoms with van der Waals surface area (Å²) in [7, 11) is 1.79. The first kappa shape index (κ1) is 20.6. The molecule has 0 unspecified atom stereocenters. The van der Waals surface area contributed by atoms with Gasteiger partial charge in [-0.05, 0) is 26.3 Å². The van der Waals surface area contributed by atoms with Crippen LogP contribution in [0.25, 0.3) is 0 Å². The van der Waals surface area contributed by atoms with E-state index in [9.17, 15) is 14.4 Å².